The lowest BCUT2D eigenvalue weighted by Gasteiger charge is -2.53. The first kappa shape index (κ1) is 22.8. The lowest BCUT2D eigenvalue weighted by atomic mass is 10.0. The third-order valence-electron chi connectivity index (χ3n) is 5.70. The summed E-state index contributed by atoms with van der Waals surface area (Å²) in [5, 5.41) is 10.4. The number of hydrogen-bond acceptors (Lipinski definition) is 6. The normalized spacial score (nSPS) is 35.4. The van der Waals surface area contributed by atoms with Crippen molar-refractivity contribution in [1.29, 1.82) is 0 Å². The summed E-state index contributed by atoms with van der Waals surface area (Å²) < 4.78 is 29.6. The lowest BCUT2D eigenvalue weighted by molar-refractivity contribution is -0.453. The van der Waals surface area contributed by atoms with Crippen LogP contribution in [0.1, 0.15) is 34.6 Å². The van der Waals surface area contributed by atoms with Crippen LogP contribution in [0.25, 0.3) is 0 Å². The van der Waals surface area contributed by atoms with Crippen LogP contribution in [0.15, 0.2) is 12.7 Å². The fraction of sp³-hybridized carbons (Fsp3) is 0.889. The van der Waals surface area contributed by atoms with Crippen molar-refractivity contribution in [3.05, 3.63) is 12.7 Å². The Bertz CT molecular complexity index is 463. The molecule has 1 heterocycles. The number of hydrogen-bond donors (Lipinski definition) is 1. The van der Waals surface area contributed by atoms with Crippen LogP contribution in [0.3, 0.4) is 0 Å². The summed E-state index contributed by atoms with van der Waals surface area (Å²) in [6.07, 6.45) is -0.673. The van der Waals surface area contributed by atoms with E-state index in [2.05, 4.69) is 40.4 Å². The van der Waals surface area contributed by atoms with Gasteiger partial charge in [0.2, 0.25) is 11.6 Å². The van der Waals surface area contributed by atoms with E-state index >= 15 is 0 Å². The van der Waals surface area contributed by atoms with Gasteiger partial charge >= 0.3 is 0 Å². The summed E-state index contributed by atoms with van der Waals surface area (Å²) in [4.78, 5) is 0. The van der Waals surface area contributed by atoms with E-state index in [4.69, 9.17) is 23.4 Å². The molecule has 0 bridgehead atoms. The molecular formula is C18H36O6Si. The molecule has 25 heavy (non-hydrogen) atoms. The van der Waals surface area contributed by atoms with Crippen molar-refractivity contribution in [3.63, 3.8) is 0 Å². The molecule has 6 nitrogen and oxygen atoms in total. The Kier molecular flexibility index (Phi) is 7.06. The first-order valence-electron chi connectivity index (χ1n) is 8.67. The minimum Gasteiger partial charge on any atom is -0.414 e. The summed E-state index contributed by atoms with van der Waals surface area (Å²) in [5.74, 6) is -2.32. The highest BCUT2D eigenvalue weighted by molar-refractivity contribution is 6.74. The molecule has 148 valence electrons. The van der Waals surface area contributed by atoms with Gasteiger partial charge in [0.15, 0.2) is 8.32 Å². The van der Waals surface area contributed by atoms with Crippen molar-refractivity contribution < 1.29 is 28.5 Å². The van der Waals surface area contributed by atoms with Gasteiger partial charge < -0.3 is 28.5 Å². The highest BCUT2D eigenvalue weighted by atomic mass is 28.4. The average Bonchev–Trinajstić information content (AvgIpc) is 2.53. The second kappa shape index (κ2) is 7.76. The Balaban J connectivity index is 3.07. The van der Waals surface area contributed by atoms with Crippen molar-refractivity contribution >= 4 is 8.32 Å². The molecular weight excluding hydrogens is 340 g/mol. The van der Waals surface area contributed by atoms with Crippen LogP contribution in [0.2, 0.25) is 18.1 Å². The van der Waals surface area contributed by atoms with Gasteiger partial charge in [-0.15, -0.1) is 6.58 Å². The molecule has 1 aliphatic rings. The van der Waals surface area contributed by atoms with Gasteiger partial charge in [0.25, 0.3) is 0 Å². The number of rotatable bonds is 7. The largest absolute Gasteiger partial charge is 0.414 e. The Hall–Kier alpha value is -0.283. The van der Waals surface area contributed by atoms with Gasteiger partial charge in [-0.25, -0.2) is 0 Å². The van der Waals surface area contributed by atoms with E-state index in [-0.39, 0.29) is 5.04 Å². The summed E-state index contributed by atoms with van der Waals surface area (Å²) in [5.41, 5.74) is 0. The monoisotopic (exact) mass is 376 g/mol. The van der Waals surface area contributed by atoms with Crippen LogP contribution in [0.4, 0.5) is 0 Å². The fourth-order valence-corrected chi connectivity index (χ4v) is 3.45. The second-order valence-corrected chi connectivity index (χ2v) is 13.1. The molecule has 0 amide bonds. The molecule has 0 unspecified atom stereocenters. The standard InChI is InChI=1S/C18H36O6Si/c1-11-13(19)15-14(12-22-25(9,10)16(2,3)4)23-17(5,20-7)18(6,21-8)24-15/h11,13-15,19H,1,12H2,2-10H3/t13-,14-,15+,17+,18+/m0/s1. The Morgan fingerprint density at radius 1 is 1.16 bits per heavy atom. The smallest absolute Gasteiger partial charge is 0.220 e. The Morgan fingerprint density at radius 2 is 1.64 bits per heavy atom. The SMILES string of the molecule is C=C[C@H](O)[C@H]1O[C@@](C)(OC)[C@](C)(OC)O[C@H]1CO[Si](C)(C)C(C)(C)C. The van der Waals surface area contributed by atoms with Gasteiger partial charge in [-0.3, -0.25) is 0 Å². The Labute approximate surface area is 153 Å². The summed E-state index contributed by atoms with van der Waals surface area (Å²) in [6, 6.07) is 0. The van der Waals surface area contributed by atoms with E-state index in [0.717, 1.165) is 0 Å². The molecule has 0 aromatic carbocycles. The molecule has 0 aliphatic carbocycles. The first-order valence-corrected chi connectivity index (χ1v) is 11.6. The molecule has 0 saturated carbocycles. The van der Waals surface area contributed by atoms with Crippen LogP contribution in [0.5, 0.6) is 0 Å². The minimum atomic E-state index is -1.98. The molecule has 1 aliphatic heterocycles. The maximum absolute atomic E-state index is 10.3. The molecule has 1 rings (SSSR count). The molecule has 0 aromatic rings. The van der Waals surface area contributed by atoms with Gasteiger partial charge in [-0.05, 0) is 32.0 Å². The molecule has 0 aromatic heterocycles. The minimum absolute atomic E-state index is 0.0701. The van der Waals surface area contributed by atoms with E-state index in [1.165, 1.54) is 20.3 Å². The topological polar surface area (TPSA) is 66.4 Å². The van der Waals surface area contributed by atoms with Crippen LogP contribution in [-0.2, 0) is 23.4 Å². The van der Waals surface area contributed by atoms with Crippen LogP contribution in [-0.4, -0.2) is 64.1 Å². The number of methoxy groups -OCH3 is 2. The van der Waals surface area contributed by atoms with Gasteiger partial charge in [-0.1, -0.05) is 26.8 Å². The van der Waals surface area contributed by atoms with E-state index in [9.17, 15) is 5.11 Å². The van der Waals surface area contributed by atoms with Gasteiger partial charge in [0.05, 0.1) is 6.61 Å². The van der Waals surface area contributed by atoms with E-state index in [1.807, 2.05) is 0 Å². The quantitative estimate of drug-likeness (QED) is 0.544. The van der Waals surface area contributed by atoms with Crippen molar-refractivity contribution in [1.82, 2.24) is 0 Å². The zero-order chi connectivity index (χ0) is 19.7. The van der Waals surface area contributed by atoms with E-state index < -0.39 is 38.2 Å². The maximum atomic E-state index is 10.3. The Morgan fingerprint density at radius 3 is 2.04 bits per heavy atom. The maximum Gasteiger partial charge on any atom is 0.220 e. The van der Waals surface area contributed by atoms with Crippen molar-refractivity contribution in [2.24, 2.45) is 0 Å². The van der Waals surface area contributed by atoms with Crippen LogP contribution in [0, 0.1) is 0 Å². The summed E-state index contributed by atoms with van der Waals surface area (Å²) in [6.45, 7) is 18.3. The molecule has 5 atom stereocenters. The number of aliphatic hydroxyl groups is 1. The fourth-order valence-electron chi connectivity index (χ4n) is 2.43. The highest BCUT2D eigenvalue weighted by Crippen LogP contribution is 2.41. The van der Waals surface area contributed by atoms with E-state index in [0.29, 0.717) is 6.61 Å². The molecule has 1 fully saturated rings. The van der Waals surface area contributed by atoms with Gasteiger partial charge in [0.1, 0.15) is 18.3 Å². The molecule has 1 N–H and O–H groups in total. The third-order valence-corrected chi connectivity index (χ3v) is 10.2. The van der Waals surface area contributed by atoms with Crippen molar-refractivity contribution in [2.45, 2.75) is 82.6 Å². The van der Waals surface area contributed by atoms with Crippen molar-refractivity contribution in [3.8, 4) is 0 Å². The van der Waals surface area contributed by atoms with Crippen LogP contribution < -0.4 is 0 Å². The molecule has 0 radical (unpaired) electrons. The summed E-state index contributed by atoms with van der Waals surface area (Å²) >= 11 is 0. The predicted octanol–water partition coefficient (Wildman–Crippen LogP) is 3.06. The summed E-state index contributed by atoms with van der Waals surface area (Å²) in [7, 11) is 1.08. The first-order chi connectivity index (χ1) is 11.3. The third kappa shape index (κ3) is 4.53. The predicted molar refractivity (Wildman–Crippen MR) is 99.9 cm³/mol. The molecule has 0 spiro atoms. The van der Waals surface area contributed by atoms with E-state index in [1.54, 1.807) is 13.8 Å². The number of aliphatic hydroxyl groups excluding tert-OH is 1. The molecule has 1 saturated heterocycles. The highest BCUT2D eigenvalue weighted by Gasteiger charge is 2.58. The number of ether oxygens (including phenoxy) is 4. The van der Waals surface area contributed by atoms with Crippen LogP contribution >= 0.6 is 0 Å². The van der Waals surface area contributed by atoms with Crippen molar-refractivity contribution in [2.75, 3.05) is 20.8 Å². The zero-order valence-corrected chi connectivity index (χ0v) is 18.2. The van der Waals surface area contributed by atoms with Gasteiger partial charge in [-0.2, -0.15) is 0 Å². The second-order valence-electron chi connectivity index (χ2n) is 8.34. The average molecular weight is 377 g/mol. The molecule has 7 heteroatoms. The van der Waals surface area contributed by atoms with Gasteiger partial charge in [0, 0.05) is 14.2 Å². The zero-order valence-electron chi connectivity index (χ0n) is 17.2. The lowest BCUT2D eigenvalue weighted by Crippen LogP contribution is -2.68.